The zero-order chi connectivity index (χ0) is 17.1. The van der Waals surface area contributed by atoms with E-state index >= 15 is 0 Å². The number of likely N-dealkylation sites (tertiary alicyclic amines) is 1. The maximum Gasteiger partial charge on any atom is 0.138 e. The molecule has 6 nitrogen and oxygen atoms in total. The first kappa shape index (κ1) is 17.8. The number of piperidine rings is 1. The Bertz CT molecular complexity index is 657. The van der Waals surface area contributed by atoms with Crippen molar-refractivity contribution in [3.8, 4) is 0 Å². The molecule has 0 N–H and O–H groups in total. The molecule has 2 atom stereocenters. The van der Waals surface area contributed by atoms with E-state index in [0.29, 0.717) is 16.3 Å². The molecule has 1 aliphatic heterocycles. The van der Waals surface area contributed by atoms with Crippen LogP contribution in [0.15, 0.2) is 12.4 Å². The van der Waals surface area contributed by atoms with Gasteiger partial charge in [0.1, 0.15) is 10.0 Å². The van der Waals surface area contributed by atoms with Crippen LogP contribution in [0.1, 0.15) is 37.1 Å². The van der Waals surface area contributed by atoms with Crippen LogP contribution in [0.3, 0.4) is 0 Å². The first-order valence-electron chi connectivity index (χ1n) is 8.46. The van der Waals surface area contributed by atoms with Gasteiger partial charge >= 0.3 is 0 Å². The summed E-state index contributed by atoms with van der Waals surface area (Å²) < 4.78 is 6.53. The highest BCUT2D eigenvalue weighted by atomic mass is 35.5. The standard InChI is InChI=1S/C16H25ClN6S/c1-4-23-7-5-6-12(15(23)13-8-18-22(3)10-13)9-21(2)11-14-16(17)24-20-19-14/h8,10,12,15H,4-7,9,11H2,1-3H3/t12-,15+/m0/s1. The van der Waals surface area contributed by atoms with Crippen molar-refractivity contribution in [3.63, 3.8) is 0 Å². The van der Waals surface area contributed by atoms with Crippen molar-refractivity contribution in [1.82, 2.24) is 29.2 Å². The molecule has 3 heterocycles. The third kappa shape index (κ3) is 3.96. The number of aryl methyl sites for hydroxylation is 1. The largest absolute Gasteiger partial charge is 0.300 e. The predicted octanol–water partition coefficient (Wildman–Crippen LogP) is 2.83. The molecule has 3 rings (SSSR count). The van der Waals surface area contributed by atoms with E-state index < -0.39 is 0 Å². The van der Waals surface area contributed by atoms with Gasteiger partial charge in [0.2, 0.25) is 0 Å². The minimum atomic E-state index is 0.434. The van der Waals surface area contributed by atoms with Crippen LogP contribution in [-0.2, 0) is 13.6 Å². The van der Waals surface area contributed by atoms with Gasteiger partial charge in [-0.3, -0.25) is 9.58 Å². The SMILES string of the molecule is CCN1CCC[C@@H](CN(C)Cc2nnsc2Cl)[C@@H]1c1cnn(C)c1. The van der Waals surface area contributed by atoms with Gasteiger partial charge in [-0.2, -0.15) is 5.10 Å². The fourth-order valence-corrected chi connectivity index (χ4v) is 4.40. The summed E-state index contributed by atoms with van der Waals surface area (Å²) in [6, 6.07) is 0.434. The van der Waals surface area contributed by atoms with Crippen LogP contribution in [-0.4, -0.2) is 55.8 Å². The number of nitrogens with zero attached hydrogens (tertiary/aromatic N) is 6. The quantitative estimate of drug-likeness (QED) is 0.784. The molecule has 0 bridgehead atoms. The topological polar surface area (TPSA) is 50.1 Å². The van der Waals surface area contributed by atoms with E-state index in [1.54, 1.807) is 0 Å². The normalized spacial score (nSPS) is 22.4. The molecule has 2 aromatic rings. The van der Waals surface area contributed by atoms with Crippen molar-refractivity contribution in [2.45, 2.75) is 32.4 Å². The van der Waals surface area contributed by atoms with Crippen LogP contribution < -0.4 is 0 Å². The van der Waals surface area contributed by atoms with Crippen molar-refractivity contribution in [2.24, 2.45) is 13.0 Å². The highest BCUT2D eigenvalue weighted by Crippen LogP contribution is 2.36. The summed E-state index contributed by atoms with van der Waals surface area (Å²) in [5.41, 5.74) is 2.20. The van der Waals surface area contributed by atoms with E-state index in [4.69, 9.17) is 11.6 Å². The average Bonchev–Trinajstić information content (AvgIpc) is 3.16. The summed E-state index contributed by atoms with van der Waals surface area (Å²) in [4.78, 5) is 4.90. The molecule has 0 saturated carbocycles. The number of rotatable bonds is 6. The summed E-state index contributed by atoms with van der Waals surface area (Å²) in [5, 5.41) is 8.52. The molecule has 0 aliphatic carbocycles. The minimum Gasteiger partial charge on any atom is -0.300 e. The molecular formula is C16H25ClN6S. The van der Waals surface area contributed by atoms with E-state index in [2.05, 4.69) is 44.7 Å². The molecule has 2 aromatic heterocycles. The molecule has 132 valence electrons. The fourth-order valence-electron chi connectivity index (χ4n) is 3.79. The maximum absolute atomic E-state index is 6.15. The molecule has 24 heavy (non-hydrogen) atoms. The van der Waals surface area contributed by atoms with Gasteiger partial charge in [-0.05, 0) is 38.9 Å². The molecule has 0 spiro atoms. The van der Waals surface area contributed by atoms with Gasteiger partial charge in [-0.1, -0.05) is 23.0 Å². The zero-order valence-electron chi connectivity index (χ0n) is 14.5. The summed E-state index contributed by atoms with van der Waals surface area (Å²) in [6.07, 6.45) is 6.67. The third-order valence-corrected chi connectivity index (χ3v) is 5.79. The van der Waals surface area contributed by atoms with Crippen LogP contribution in [0.4, 0.5) is 0 Å². The third-order valence-electron chi connectivity index (χ3n) is 4.81. The molecule has 1 aliphatic rings. The van der Waals surface area contributed by atoms with Crippen LogP contribution in [0.25, 0.3) is 0 Å². The second-order valence-corrected chi connectivity index (χ2v) is 7.97. The molecular weight excluding hydrogens is 344 g/mol. The Morgan fingerprint density at radius 3 is 2.92 bits per heavy atom. The number of hydrogen-bond donors (Lipinski definition) is 0. The van der Waals surface area contributed by atoms with Gasteiger partial charge in [0, 0.05) is 49.5 Å². The zero-order valence-corrected chi connectivity index (χ0v) is 16.1. The monoisotopic (exact) mass is 368 g/mol. The summed E-state index contributed by atoms with van der Waals surface area (Å²) in [6.45, 7) is 6.25. The molecule has 0 aromatic carbocycles. The minimum absolute atomic E-state index is 0.434. The summed E-state index contributed by atoms with van der Waals surface area (Å²) in [7, 11) is 4.13. The summed E-state index contributed by atoms with van der Waals surface area (Å²) in [5.74, 6) is 0.582. The van der Waals surface area contributed by atoms with Crippen molar-refractivity contribution in [3.05, 3.63) is 28.0 Å². The predicted molar refractivity (Wildman–Crippen MR) is 97.2 cm³/mol. The van der Waals surface area contributed by atoms with Gasteiger partial charge in [0.25, 0.3) is 0 Å². The fraction of sp³-hybridized carbons (Fsp3) is 0.688. The molecule has 0 unspecified atom stereocenters. The van der Waals surface area contributed by atoms with E-state index in [9.17, 15) is 0 Å². The van der Waals surface area contributed by atoms with Gasteiger partial charge in [0.05, 0.1) is 6.20 Å². The maximum atomic E-state index is 6.15. The molecule has 8 heteroatoms. The number of halogens is 1. The van der Waals surface area contributed by atoms with Crippen molar-refractivity contribution >= 4 is 23.1 Å². The Kier molecular flexibility index (Phi) is 5.86. The Balaban J connectivity index is 1.72. The second-order valence-electron chi connectivity index (χ2n) is 6.61. The lowest BCUT2D eigenvalue weighted by Crippen LogP contribution is -2.42. The van der Waals surface area contributed by atoms with Gasteiger partial charge in [-0.25, -0.2) is 0 Å². The molecule has 0 amide bonds. The average molecular weight is 369 g/mol. The van der Waals surface area contributed by atoms with Gasteiger partial charge in [-0.15, -0.1) is 5.10 Å². The van der Waals surface area contributed by atoms with Gasteiger partial charge in [0.15, 0.2) is 0 Å². The molecule has 0 radical (unpaired) electrons. The van der Waals surface area contributed by atoms with E-state index in [1.807, 2.05) is 17.9 Å². The van der Waals surface area contributed by atoms with Crippen LogP contribution in [0, 0.1) is 5.92 Å². The summed E-state index contributed by atoms with van der Waals surface area (Å²) >= 11 is 7.40. The van der Waals surface area contributed by atoms with Crippen LogP contribution in [0.2, 0.25) is 4.34 Å². The van der Waals surface area contributed by atoms with Crippen LogP contribution >= 0.6 is 23.1 Å². The Morgan fingerprint density at radius 2 is 2.29 bits per heavy atom. The molecule has 1 saturated heterocycles. The van der Waals surface area contributed by atoms with Gasteiger partial charge < -0.3 is 4.90 Å². The van der Waals surface area contributed by atoms with Crippen molar-refractivity contribution < 1.29 is 0 Å². The van der Waals surface area contributed by atoms with Crippen molar-refractivity contribution in [2.75, 3.05) is 26.7 Å². The van der Waals surface area contributed by atoms with E-state index in [0.717, 1.165) is 31.9 Å². The lowest BCUT2D eigenvalue weighted by atomic mass is 9.85. The lowest BCUT2D eigenvalue weighted by Gasteiger charge is -2.42. The first-order chi connectivity index (χ1) is 11.6. The highest BCUT2D eigenvalue weighted by Gasteiger charge is 2.33. The smallest absolute Gasteiger partial charge is 0.138 e. The second kappa shape index (κ2) is 7.91. The van der Waals surface area contributed by atoms with E-state index in [-0.39, 0.29) is 0 Å². The Hall–Kier alpha value is -1.02. The van der Waals surface area contributed by atoms with E-state index in [1.165, 1.54) is 29.9 Å². The lowest BCUT2D eigenvalue weighted by molar-refractivity contribution is 0.0747. The first-order valence-corrected chi connectivity index (χ1v) is 9.61. The van der Waals surface area contributed by atoms with Crippen LogP contribution in [0.5, 0.6) is 0 Å². The van der Waals surface area contributed by atoms with Crippen molar-refractivity contribution in [1.29, 1.82) is 0 Å². The molecule has 1 fully saturated rings. The Labute approximate surface area is 152 Å². The number of aromatic nitrogens is 4. The highest BCUT2D eigenvalue weighted by molar-refractivity contribution is 7.10. The number of hydrogen-bond acceptors (Lipinski definition) is 6. The Morgan fingerprint density at radius 1 is 1.46 bits per heavy atom.